The van der Waals surface area contributed by atoms with Gasteiger partial charge in [0.1, 0.15) is 5.82 Å². The molecule has 2 rings (SSSR count). The lowest BCUT2D eigenvalue weighted by atomic mass is 10.0. The van der Waals surface area contributed by atoms with E-state index < -0.39 is 0 Å². The van der Waals surface area contributed by atoms with Crippen molar-refractivity contribution in [3.05, 3.63) is 35.6 Å². The van der Waals surface area contributed by atoms with Crippen molar-refractivity contribution in [2.24, 2.45) is 0 Å². The SMILES string of the molecule is Cc1c(N)c(N)c2ccccc2c1F. The number of nitrogens with two attached hydrogens (primary N) is 2. The van der Waals surface area contributed by atoms with Crippen molar-refractivity contribution in [2.75, 3.05) is 11.5 Å². The van der Waals surface area contributed by atoms with Crippen LogP contribution in [0.3, 0.4) is 0 Å². The van der Waals surface area contributed by atoms with Crippen molar-refractivity contribution in [3.63, 3.8) is 0 Å². The third-order valence-electron chi connectivity index (χ3n) is 2.48. The van der Waals surface area contributed by atoms with E-state index in [2.05, 4.69) is 0 Å². The summed E-state index contributed by atoms with van der Waals surface area (Å²) in [6.45, 7) is 1.63. The number of hydrogen-bond donors (Lipinski definition) is 2. The van der Waals surface area contributed by atoms with Gasteiger partial charge in [0, 0.05) is 16.3 Å². The monoisotopic (exact) mass is 190 g/mol. The lowest BCUT2D eigenvalue weighted by molar-refractivity contribution is 0.631. The minimum atomic E-state index is -0.285. The summed E-state index contributed by atoms with van der Waals surface area (Å²) in [7, 11) is 0. The van der Waals surface area contributed by atoms with E-state index in [1.54, 1.807) is 25.1 Å². The maximum atomic E-state index is 13.7. The first-order valence-electron chi connectivity index (χ1n) is 4.34. The molecule has 0 saturated carbocycles. The minimum Gasteiger partial charge on any atom is -0.397 e. The fourth-order valence-corrected chi connectivity index (χ4v) is 1.58. The quantitative estimate of drug-likeness (QED) is 0.627. The van der Waals surface area contributed by atoms with E-state index in [0.29, 0.717) is 27.7 Å². The van der Waals surface area contributed by atoms with Crippen LogP contribution in [0.5, 0.6) is 0 Å². The molecule has 2 aromatic rings. The lowest BCUT2D eigenvalue weighted by Crippen LogP contribution is -2.01. The largest absolute Gasteiger partial charge is 0.397 e. The van der Waals surface area contributed by atoms with Gasteiger partial charge in [0.15, 0.2) is 0 Å². The first kappa shape index (κ1) is 8.81. The molecule has 0 amide bonds. The smallest absolute Gasteiger partial charge is 0.136 e. The number of anilines is 2. The zero-order valence-corrected chi connectivity index (χ0v) is 7.84. The maximum absolute atomic E-state index is 13.7. The summed E-state index contributed by atoms with van der Waals surface area (Å²) in [6, 6.07) is 7.06. The Morgan fingerprint density at radius 2 is 1.57 bits per heavy atom. The van der Waals surface area contributed by atoms with Crippen molar-refractivity contribution < 1.29 is 4.39 Å². The molecule has 0 aromatic heterocycles. The van der Waals surface area contributed by atoms with Crippen molar-refractivity contribution >= 4 is 22.1 Å². The van der Waals surface area contributed by atoms with E-state index in [0.717, 1.165) is 0 Å². The highest BCUT2D eigenvalue weighted by Crippen LogP contribution is 2.32. The molecule has 2 nitrogen and oxygen atoms in total. The Morgan fingerprint density at radius 3 is 2.21 bits per heavy atom. The number of nitrogen functional groups attached to an aromatic ring is 2. The summed E-state index contributed by atoms with van der Waals surface area (Å²) < 4.78 is 13.7. The summed E-state index contributed by atoms with van der Waals surface area (Å²) in [5.41, 5.74) is 12.7. The fraction of sp³-hybridized carbons (Fsp3) is 0.0909. The van der Waals surface area contributed by atoms with Gasteiger partial charge in [-0.05, 0) is 6.92 Å². The zero-order chi connectivity index (χ0) is 10.3. The maximum Gasteiger partial charge on any atom is 0.136 e. The molecule has 0 aliphatic heterocycles. The molecule has 4 N–H and O–H groups in total. The minimum absolute atomic E-state index is 0.285. The lowest BCUT2D eigenvalue weighted by Gasteiger charge is -2.10. The van der Waals surface area contributed by atoms with Gasteiger partial charge in [0.05, 0.1) is 11.4 Å². The molecule has 3 heteroatoms. The van der Waals surface area contributed by atoms with Crippen LogP contribution in [0.2, 0.25) is 0 Å². The number of benzene rings is 2. The summed E-state index contributed by atoms with van der Waals surface area (Å²) in [6.07, 6.45) is 0. The molecule has 0 fully saturated rings. The Labute approximate surface area is 81.3 Å². The van der Waals surface area contributed by atoms with Crippen LogP contribution in [0.25, 0.3) is 10.8 Å². The van der Waals surface area contributed by atoms with Gasteiger partial charge in [0.25, 0.3) is 0 Å². The van der Waals surface area contributed by atoms with E-state index in [4.69, 9.17) is 11.5 Å². The number of halogens is 1. The van der Waals surface area contributed by atoms with Gasteiger partial charge >= 0.3 is 0 Å². The highest BCUT2D eigenvalue weighted by atomic mass is 19.1. The Hall–Kier alpha value is -1.77. The molecular formula is C11H11FN2. The van der Waals surface area contributed by atoms with Gasteiger partial charge in [-0.1, -0.05) is 24.3 Å². The van der Waals surface area contributed by atoms with Crippen LogP contribution in [0.4, 0.5) is 15.8 Å². The Balaban J connectivity index is 3.02. The normalized spacial score (nSPS) is 10.7. The van der Waals surface area contributed by atoms with Crippen LogP contribution in [0.15, 0.2) is 24.3 Å². The number of hydrogen-bond acceptors (Lipinski definition) is 2. The van der Waals surface area contributed by atoms with Gasteiger partial charge in [-0.3, -0.25) is 0 Å². The summed E-state index contributed by atoms with van der Waals surface area (Å²) in [5.74, 6) is -0.285. The second kappa shape index (κ2) is 2.87. The molecule has 72 valence electrons. The molecule has 0 bridgehead atoms. The highest BCUT2D eigenvalue weighted by molar-refractivity contribution is 6.00. The third kappa shape index (κ3) is 1.02. The summed E-state index contributed by atoms with van der Waals surface area (Å²) in [4.78, 5) is 0. The topological polar surface area (TPSA) is 52.0 Å². The van der Waals surface area contributed by atoms with E-state index in [-0.39, 0.29) is 5.82 Å². The molecule has 0 aliphatic carbocycles. The number of rotatable bonds is 0. The third-order valence-corrected chi connectivity index (χ3v) is 2.48. The molecule has 0 radical (unpaired) electrons. The van der Waals surface area contributed by atoms with Crippen molar-refractivity contribution in [1.82, 2.24) is 0 Å². The van der Waals surface area contributed by atoms with Crippen LogP contribution >= 0.6 is 0 Å². The molecule has 0 spiro atoms. The second-order valence-electron chi connectivity index (χ2n) is 3.31. The molecule has 0 unspecified atom stereocenters. The van der Waals surface area contributed by atoms with Gasteiger partial charge in [-0.25, -0.2) is 4.39 Å². The Bertz CT molecular complexity index is 460. The van der Waals surface area contributed by atoms with Crippen LogP contribution in [-0.4, -0.2) is 0 Å². The van der Waals surface area contributed by atoms with E-state index in [1.807, 2.05) is 6.07 Å². The van der Waals surface area contributed by atoms with Crippen molar-refractivity contribution in [3.8, 4) is 0 Å². The first-order chi connectivity index (χ1) is 6.63. The predicted octanol–water partition coefficient (Wildman–Crippen LogP) is 2.45. The van der Waals surface area contributed by atoms with Crippen molar-refractivity contribution in [1.29, 1.82) is 0 Å². The molecular weight excluding hydrogens is 179 g/mol. The molecule has 2 aromatic carbocycles. The molecule has 14 heavy (non-hydrogen) atoms. The Kier molecular flexibility index (Phi) is 1.81. The van der Waals surface area contributed by atoms with Gasteiger partial charge < -0.3 is 11.5 Å². The molecule has 0 saturated heterocycles. The van der Waals surface area contributed by atoms with E-state index in [1.165, 1.54) is 0 Å². The van der Waals surface area contributed by atoms with Gasteiger partial charge in [0.2, 0.25) is 0 Å². The molecule has 0 aliphatic rings. The van der Waals surface area contributed by atoms with Crippen LogP contribution in [0.1, 0.15) is 5.56 Å². The average Bonchev–Trinajstić information content (AvgIpc) is 2.23. The predicted molar refractivity (Wildman–Crippen MR) is 57.5 cm³/mol. The second-order valence-corrected chi connectivity index (χ2v) is 3.31. The van der Waals surface area contributed by atoms with E-state index >= 15 is 0 Å². The van der Waals surface area contributed by atoms with Gasteiger partial charge in [-0.15, -0.1) is 0 Å². The highest BCUT2D eigenvalue weighted by Gasteiger charge is 2.11. The summed E-state index contributed by atoms with van der Waals surface area (Å²) >= 11 is 0. The van der Waals surface area contributed by atoms with Crippen LogP contribution in [0, 0.1) is 12.7 Å². The van der Waals surface area contributed by atoms with Crippen LogP contribution < -0.4 is 11.5 Å². The van der Waals surface area contributed by atoms with Gasteiger partial charge in [-0.2, -0.15) is 0 Å². The fourth-order valence-electron chi connectivity index (χ4n) is 1.58. The average molecular weight is 190 g/mol. The summed E-state index contributed by atoms with van der Waals surface area (Å²) in [5, 5.41) is 1.20. The molecule has 0 heterocycles. The standard InChI is InChI=1S/C11H11FN2/c1-6-9(12)7-4-2-3-5-8(7)11(14)10(6)13/h2-5H,13-14H2,1H3. The Morgan fingerprint density at radius 1 is 1.00 bits per heavy atom. The molecule has 0 atom stereocenters. The first-order valence-corrected chi connectivity index (χ1v) is 4.34. The zero-order valence-electron chi connectivity index (χ0n) is 7.84. The van der Waals surface area contributed by atoms with E-state index in [9.17, 15) is 4.39 Å². The van der Waals surface area contributed by atoms with Crippen molar-refractivity contribution in [2.45, 2.75) is 6.92 Å². The van der Waals surface area contributed by atoms with Crippen LogP contribution in [-0.2, 0) is 0 Å². The number of fused-ring (bicyclic) bond motifs is 1.